The third-order valence-corrected chi connectivity index (χ3v) is 2.04. The number of aryl methyl sites for hydroxylation is 2. The highest BCUT2D eigenvalue weighted by atomic mass is 16.1. The Morgan fingerprint density at radius 3 is 2.44 bits per heavy atom. The second-order valence-electron chi connectivity index (χ2n) is 3.49. The first-order valence-electron chi connectivity index (χ1n) is 4.73. The van der Waals surface area contributed by atoms with Gasteiger partial charge >= 0.3 is 0 Å². The molecule has 2 heterocycles. The average Bonchev–Trinajstić information content (AvgIpc) is 2.64. The molecule has 0 fully saturated rings. The topological polar surface area (TPSA) is 86.7 Å². The Balaban J connectivity index is 2.46. The normalized spacial score (nSPS) is 10.4. The molecule has 2 aromatic heterocycles. The van der Waals surface area contributed by atoms with E-state index in [1.807, 2.05) is 19.9 Å². The fraction of sp³-hybridized carbons (Fsp3) is 0.200. The molecule has 0 atom stereocenters. The van der Waals surface area contributed by atoms with E-state index in [1.165, 1.54) is 17.1 Å². The summed E-state index contributed by atoms with van der Waals surface area (Å²) in [6.45, 7) is 3.74. The molecular formula is C10H11N5O. The van der Waals surface area contributed by atoms with Gasteiger partial charge in [0, 0.05) is 17.6 Å². The van der Waals surface area contributed by atoms with Crippen LogP contribution in [0, 0.1) is 13.8 Å². The Morgan fingerprint density at radius 1 is 1.31 bits per heavy atom. The first kappa shape index (κ1) is 10.3. The monoisotopic (exact) mass is 217 g/mol. The van der Waals surface area contributed by atoms with Gasteiger partial charge in [0.05, 0.1) is 11.8 Å². The minimum absolute atomic E-state index is 0.336. The fourth-order valence-electron chi connectivity index (χ4n) is 1.37. The van der Waals surface area contributed by atoms with Crippen molar-refractivity contribution in [3.8, 4) is 5.95 Å². The predicted octanol–water partition coefficient (Wildman–Crippen LogP) is 0.378. The van der Waals surface area contributed by atoms with Crippen molar-refractivity contribution in [3.63, 3.8) is 0 Å². The molecule has 6 nitrogen and oxygen atoms in total. The van der Waals surface area contributed by atoms with E-state index < -0.39 is 5.91 Å². The van der Waals surface area contributed by atoms with Crippen LogP contribution in [0.2, 0.25) is 0 Å². The van der Waals surface area contributed by atoms with Gasteiger partial charge < -0.3 is 5.73 Å². The minimum atomic E-state index is -0.518. The molecule has 0 unspecified atom stereocenters. The van der Waals surface area contributed by atoms with Crippen molar-refractivity contribution >= 4 is 5.91 Å². The number of nitrogens with zero attached hydrogens (tertiary/aromatic N) is 4. The number of rotatable bonds is 2. The first-order valence-corrected chi connectivity index (χ1v) is 4.73. The molecule has 0 aromatic carbocycles. The maximum atomic E-state index is 10.9. The Hall–Kier alpha value is -2.24. The van der Waals surface area contributed by atoms with Crippen molar-refractivity contribution < 1.29 is 4.79 Å². The van der Waals surface area contributed by atoms with Gasteiger partial charge in [-0.15, -0.1) is 0 Å². The number of carbonyl (C=O) groups is 1. The summed E-state index contributed by atoms with van der Waals surface area (Å²) in [5.74, 6) is -0.0828. The van der Waals surface area contributed by atoms with Gasteiger partial charge in [-0.3, -0.25) is 4.79 Å². The molecule has 82 valence electrons. The highest BCUT2D eigenvalue weighted by Gasteiger charge is 2.07. The zero-order valence-electron chi connectivity index (χ0n) is 9.01. The molecule has 0 aliphatic rings. The molecule has 6 heteroatoms. The van der Waals surface area contributed by atoms with Crippen molar-refractivity contribution in [2.75, 3.05) is 0 Å². The van der Waals surface area contributed by atoms with E-state index in [1.54, 1.807) is 0 Å². The summed E-state index contributed by atoms with van der Waals surface area (Å²) in [7, 11) is 0. The van der Waals surface area contributed by atoms with Gasteiger partial charge in [-0.1, -0.05) is 0 Å². The van der Waals surface area contributed by atoms with Gasteiger partial charge in [0.1, 0.15) is 0 Å². The van der Waals surface area contributed by atoms with Gasteiger partial charge in [-0.2, -0.15) is 5.10 Å². The zero-order chi connectivity index (χ0) is 11.7. The Bertz CT molecular complexity index is 526. The quantitative estimate of drug-likeness (QED) is 0.787. The summed E-state index contributed by atoms with van der Waals surface area (Å²) < 4.78 is 1.43. The highest BCUT2D eigenvalue weighted by Crippen LogP contribution is 2.05. The molecule has 0 bridgehead atoms. The summed E-state index contributed by atoms with van der Waals surface area (Å²) in [4.78, 5) is 19.3. The molecule has 2 aromatic rings. The molecule has 0 saturated carbocycles. The maximum absolute atomic E-state index is 10.9. The number of nitrogens with two attached hydrogens (primary N) is 1. The third-order valence-electron chi connectivity index (χ3n) is 2.04. The van der Waals surface area contributed by atoms with E-state index >= 15 is 0 Å². The Labute approximate surface area is 92.1 Å². The number of amides is 1. The second kappa shape index (κ2) is 3.73. The summed E-state index contributed by atoms with van der Waals surface area (Å²) in [5.41, 5.74) is 7.16. The fourth-order valence-corrected chi connectivity index (χ4v) is 1.37. The van der Waals surface area contributed by atoms with Crippen LogP contribution in [0.1, 0.15) is 21.7 Å². The number of carbonyl (C=O) groups excluding carboxylic acids is 1. The molecule has 0 spiro atoms. The van der Waals surface area contributed by atoms with E-state index in [9.17, 15) is 4.79 Å². The zero-order valence-corrected chi connectivity index (χ0v) is 9.01. The number of aromatic nitrogens is 4. The van der Waals surface area contributed by atoms with Crippen LogP contribution in [0.3, 0.4) is 0 Å². The largest absolute Gasteiger partial charge is 0.366 e. The minimum Gasteiger partial charge on any atom is -0.366 e. The smallest absolute Gasteiger partial charge is 0.251 e. The lowest BCUT2D eigenvalue weighted by Gasteiger charge is -2.01. The van der Waals surface area contributed by atoms with Crippen molar-refractivity contribution in [1.82, 2.24) is 19.7 Å². The molecule has 2 N–H and O–H groups in total. The highest BCUT2D eigenvalue weighted by molar-refractivity contribution is 5.92. The van der Waals surface area contributed by atoms with Gasteiger partial charge in [0.15, 0.2) is 0 Å². The molecule has 2 rings (SSSR count). The lowest BCUT2D eigenvalue weighted by molar-refractivity contribution is 0.100. The van der Waals surface area contributed by atoms with Crippen molar-refractivity contribution in [3.05, 3.63) is 35.4 Å². The van der Waals surface area contributed by atoms with E-state index in [-0.39, 0.29) is 0 Å². The lowest BCUT2D eigenvalue weighted by Crippen LogP contribution is -2.10. The molecule has 0 aliphatic heterocycles. The van der Waals surface area contributed by atoms with Crippen LogP contribution in [-0.4, -0.2) is 25.7 Å². The molecule has 16 heavy (non-hydrogen) atoms. The number of hydrogen-bond donors (Lipinski definition) is 1. The van der Waals surface area contributed by atoms with E-state index in [0.29, 0.717) is 11.5 Å². The first-order chi connectivity index (χ1) is 7.56. The average molecular weight is 217 g/mol. The van der Waals surface area contributed by atoms with Gasteiger partial charge in [-0.25, -0.2) is 14.6 Å². The SMILES string of the molecule is Cc1cc(C)nc(-n2cc(C(N)=O)cn2)n1. The van der Waals surface area contributed by atoms with Gasteiger partial charge in [0.2, 0.25) is 0 Å². The predicted molar refractivity (Wildman–Crippen MR) is 57.1 cm³/mol. The second-order valence-corrected chi connectivity index (χ2v) is 3.49. The van der Waals surface area contributed by atoms with Crippen molar-refractivity contribution in [1.29, 1.82) is 0 Å². The van der Waals surface area contributed by atoms with Crippen LogP contribution in [0.4, 0.5) is 0 Å². The summed E-state index contributed by atoms with van der Waals surface area (Å²) in [6.07, 6.45) is 2.90. The van der Waals surface area contributed by atoms with E-state index in [4.69, 9.17) is 5.73 Å². The standard InChI is InChI=1S/C10H11N5O/c1-6-3-7(2)14-10(13-6)15-5-8(4-12-15)9(11)16/h3-5H,1-2H3,(H2,11,16). The summed E-state index contributed by atoms with van der Waals surface area (Å²) in [5, 5.41) is 3.98. The Kier molecular flexibility index (Phi) is 2.40. The van der Waals surface area contributed by atoms with Crippen LogP contribution >= 0.6 is 0 Å². The van der Waals surface area contributed by atoms with Crippen LogP contribution in [-0.2, 0) is 0 Å². The van der Waals surface area contributed by atoms with Crippen molar-refractivity contribution in [2.45, 2.75) is 13.8 Å². The lowest BCUT2D eigenvalue weighted by atomic mass is 10.3. The van der Waals surface area contributed by atoms with Crippen LogP contribution < -0.4 is 5.73 Å². The third kappa shape index (κ3) is 1.90. The van der Waals surface area contributed by atoms with Gasteiger partial charge in [0.25, 0.3) is 11.9 Å². The number of primary amides is 1. The summed E-state index contributed by atoms with van der Waals surface area (Å²) >= 11 is 0. The molecular weight excluding hydrogens is 206 g/mol. The van der Waals surface area contributed by atoms with Crippen LogP contribution in [0.15, 0.2) is 18.5 Å². The summed E-state index contributed by atoms with van der Waals surface area (Å²) in [6, 6.07) is 1.86. The maximum Gasteiger partial charge on any atom is 0.251 e. The molecule has 0 radical (unpaired) electrons. The Morgan fingerprint density at radius 2 is 1.94 bits per heavy atom. The van der Waals surface area contributed by atoms with Crippen LogP contribution in [0.5, 0.6) is 0 Å². The molecule has 0 saturated heterocycles. The molecule has 1 amide bonds. The van der Waals surface area contributed by atoms with Crippen molar-refractivity contribution in [2.24, 2.45) is 5.73 Å². The van der Waals surface area contributed by atoms with E-state index in [2.05, 4.69) is 15.1 Å². The van der Waals surface area contributed by atoms with Gasteiger partial charge in [-0.05, 0) is 19.9 Å². The van der Waals surface area contributed by atoms with E-state index in [0.717, 1.165) is 11.4 Å². The molecule has 0 aliphatic carbocycles. The number of hydrogen-bond acceptors (Lipinski definition) is 4. The van der Waals surface area contributed by atoms with Crippen LogP contribution in [0.25, 0.3) is 5.95 Å².